The molecule has 2 rings (SSSR count). The third kappa shape index (κ3) is 2.21. The summed E-state index contributed by atoms with van der Waals surface area (Å²) in [5, 5.41) is 3.42. The summed E-state index contributed by atoms with van der Waals surface area (Å²) in [5.74, 6) is 0. The van der Waals surface area contributed by atoms with Gasteiger partial charge in [-0.2, -0.15) is 0 Å². The minimum atomic E-state index is 0.538. The number of nitrogens with zero attached hydrogens (tertiary/aromatic N) is 1. The molecule has 0 aromatic heterocycles. The Morgan fingerprint density at radius 1 is 1.31 bits per heavy atom. The Morgan fingerprint density at radius 3 is 2.77 bits per heavy atom. The first-order chi connectivity index (χ1) is 6.38. The molecule has 1 aromatic rings. The standard InChI is InChI=1S/C10H13IN2/c11-13-7-6-12-8-10(13)9-4-2-1-3-5-9/h1-5,10,12H,6-8H2. The van der Waals surface area contributed by atoms with Gasteiger partial charge in [-0.3, -0.25) is 0 Å². The van der Waals surface area contributed by atoms with Crippen LogP contribution >= 0.6 is 22.9 Å². The lowest BCUT2D eigenvalue weighted by Crippen LogP contribution is -2.40. The molecule has 0 aliphatic carbocycles. The Kier molecular flexibility index (Phi) is 3.18. The van der Waals surface area contributed by atoms with E-state index >= 15 is 0 Å². The lowest BCUT2D eigenvalue weighted by molar-refractivity contribution is 0.321. The van der Waals surface area contributed by atoms with Crippen molar-refractivity contribution in [3.05, 3.63) is 35.9 Å². The van der Waals surface area contributed by atoms with Crippen LogP contribution < -0.4 is 5.32 Å². The fraction of sp³-hybridized carbons (Fsp3) is 0.400. The number of nitrogens with one attached hydrogen (secondary N) is 1. The summed E-state index contributed by atoms with van der Waals surface area (Å²) in [4.78, 5) is 0. The topological polar surface area (TPSA) is 15.3 Å². The van der Waals surface area contributed by atoms with Gasteiger partial charge in [0.15, 0.2) is 0 Å². The zero-order chi connectivity index (χ0) is 9.10. The molecular formula is C10H13IN2. The Balaban J connectivity index is 2.15. The second kappa shape index (κ2) is 4.39. The van der Waals surface area contributed by atoms with Crippen LogP contribution in [0.5, 0.6) is 0 Å². The zero-order valence-corrected chi connectivity index (χ0v) is 9.57. The van der Waals surface area contributed by atoms with Crippen LogP contribution in [0.1, 0.15) is 11.6 Å². The fourth-order valence-corrected chi connectivity index (χ4v) is 2.39. The Labute approximate surface area is 92.8 Å². The van der Waals surface area contributed by atoms with Crippen LogP contribution in [-0.4, -0.2) is 22.7 Å². The lowest BCUT2D eigenvalue weighted by Gasteiger charge is -2.31. The van der Waals surface area contributed by atoms with Crippen LogP contribution in [0.3, 0.4) is 0 Å². The van der Waals surface area contributed by atoms with E-state index in [-0.39, 0.29) is 0 Å². The van der Waals surface area contributed by atoms with Gasteiger partial charge in [0.05, 0.1) is 6.04 Å². The molecule has 0 saturated carbocycles. The van der Waals surface area contributed by atoms with Gasteiger partial charge in [-0.1, -0.05) is 30.3 Å². The Bertz CT molecular complexity index is 263. The van der Waals surface area contributed by atoms with Crippen molar-refractivity contribution in [3.8, 4) is 0 Å². The monoisotopic (exact) mass is 288 g/mol. The van der Waals surface area contributed by atoms with E-state index in [1.54, 1.807) is 0 Å². The SMILES string of the molecule is IN1CCNCC1c1ccccc1. The number of benzene rings is 1. The van der Waals surface area contributed by atoms with E-state index in [4.69, 9.17) is 0 Å². The first kappa shape index (κ1) is 9.43. The van der Waals surface area contributed by atoms with Crippen LogP contribution in [0.4, 0.5) is 0 Å². The highest BCUT2D eigenvalue weighted by molar-refractivity contribution is 14.1. The molecule has 1 aromatic carbocycles. The number of hydrogen-bond acceptors (Lipinski definition) is 2. The van der Waals surface area contributed by atoms with Crippen molar-refractivity contribution < 1.29 is 0 Å². The molecule has 1 unspecified atom stereocenters. The van der Waals surface area contributed by atoms with E-state index < -0.39 is 0 Å². The van der Waals surface area contributed by atoms with Gasteiger partial charge in [-0.25, -0.2) is 3.11 Å². The smallest absolute Gasteiger partial charge is 0.0568 e. The van der Waals surface area contributed by atoms with Gasteiger partial charge in [0.1, 0.15) is 0 Å². The van der Waals surface area contributed by atoms with Crippen molar-refractivity contribution in [2.75, 3.05) is 19.6 Å². The third-order valence-corrected chi connectivity index (χ3v) is 3.52. The molecule has 13 heavy (non-hydrogen) atoms. The zero-order valence-electron chi connectivity index (χ0n) is 7.41. The van der Waals surface area contributed by atoms with Crippen molar-refractivity contribution in [1.82, 2.24) is 8.43 Å². The summed E-state index contributed by atoms with van der Waals surface area (Å²) < 4.78 is 2.38. The summed E-state index contributed by atoms with van der Waals surface area (Å²) in [6.07, 6.45) is 0. The summed E-state index contributed by atoms with van der Waals surface area (Å²) in [7, 11) is 0. The molecule has 1 aliphatic rings. The maximum Gasteiger partial charge on any atom is 0.0568 e. The molecule has 1 N–H and O–H groups in total. The van der Waals surface area contributed by atoms with Crippen LogP contribution in [0.2, 0.25) is 0 Å². The predicted octanol–water partition coefficient (Wildman–Crippen LogP) is 1.98. The summed E-state index contributed by atoms with van der Waals surface area (Å²) in [6, 6.07) is 11.2. The molecule has 0 amide bonds. The van der Waals surface area contributed by atoms with E-state index in [0.717, 1.165) is 19.6 Å². The van der Waals surface area contributed by atoms with Crippen molar-refractivity contribution in [2.24, 2.45) is 0 Å². The molecule has 1 heterocycles. The molecule has 0 spiro atoms. The molecule has 70 valence electrons. The molecule has 1 saturated heterocycles. The summed E-state index contributed by atoms with van der Waals surface area (Å²) in [6.45, 7) is 3.29. The van der Waals surface area contributed by atoms with Gasteiger partial charge in [0.25, 0.3) is 0 Å². The second-order valence-corrected chi connectivity index (χ2v) is 4.49. The number of hydrogen-bond donors (Lipinski definition) is 1. The fourth-order valence-electron chi connectivity index (χ4n) is 1.63. The Morgan fingerprint density at radius 2 is 2.08 bits per heavy atom. The van der Waals surface area contributed by atoms with E-state index in [2.05, 4.69) is 61.6 Å². The van der Waals surface area contributed by atoms with E-state index in [9.17, 15) is 0 Å². The normalized spacial score (nSPS) is 24.5. The lowest BCUT2D eigenvalue weighted by atomic mass is 10.1. The van der Waals surface area contributed by atoms with Crippen molar-refractivity contribution >= 4 is 22.9 Å². The van der Waals surface area contributed by atoms with Gasteiger partial charge in [-0.05, 0) is 5.56 Å². The van der Waals surface area contributed by atoms with Gasteiger partial charge >= 0.3 is 0 Å². The van der Waals surface area contributed by atoms with Crippen molar-refractivity contribution in [2.45, 2.75) is 6.04 Å². The van der Waals surface area contributed by atoms with Gasteiger partial charge in [0.2, 0.25) is 0 Å². The molecule has 1 atom stereocenters. The number of rotatable bonds is 1. The first-order valence-corrected chi connectivity index (χ1v) is 5.52. The molecule has 1 aliphatic heterocycles. The third-order valence-electron chi connectivity index (χ3n) is 2.36. The maximum atomic E-state index is 3.42. The van der Waals surface area contributed by atoms with Crippen molar-refractivity contribution in [3.63, 3.8) is 0 Å². The van der Waals surface area contributed by atoms with Crippen LogP contribution in [0.25, 0.3) is 0 Å². The highest BCUT2D eigenvalue weighted by atomic mass is 127. The van der Waals surface area contributed by atoms with E-state index in [1.165, 1.54) is 5.56 Å². The molecule has 0 radical (unpaired) electrons. The first-order valence-electron chi connectivity index (χ1n) is 4.56. The Hall–Kier alpha value is -0.130. The molecule has 1 fully saturated rings. The van der Waals surface area contributed by atoms with Crippen molar-refractivity contribution in [1.29, 1.82) is 0 Å². The summed E-state index contributed by atoms with van der Waals surface area (Å²) >= 11 is 2.42. The largest absolute Gasteiger partial charge is 0.313 e. The second-order valence-electron chi connectivity index (χ2n) is 3.25. The highest BCUT2D eigenvalue weighted by Crippen LogP contribution is 2.24. The molecule has 0 bridgehead atoms. The molecular weight excluding hydrogens is 275 g/mol. The van der Waals surface area contributed by atoms with Crippen LogP contribution in [0, 0.1) is 0 Å². The average molecular weight is 288 g/mol. The number of piperazine rings is 1. The quantitative estimate of drug-likeness (QED) is 0.628. The van der Waals surface area contributed by atoms with Gasteiger partial charge in [-0.15, -0.1) is 0 Å². The average Bonchev–Trinajstić information content (AvgIpc) is 2.20. The van der Waals surface area contributed by atoms with Gasteiger partial charge in [0, 0.05) is 42.5 Å². The van der Waals surface area contributed by atoms with Gasteiger partial charge < -0.3 is 5.32 Å². The van der Waals surface area contributed by atoms with E-state index in [0.29, 0.717) is 6.04 Å². The minimum Gasteiger partial charge on any atom is -0.313 e. The predicted molar refractivity (Wildman–Crippen MR) is 62.8 cm³/mol. The van der Waals surface area contributed by atoms with Crippen LogP contribution in [0.15, 0.2) is 30.3 Å². The van der Waals surface area contributed by atoms with Crippen LogP contribution in [-0.2, 0) is 0 Å². The maximum absolute atomic E-state index is 3.42. The highest BCUT2D eigenvalue weighted by Gasteiger charge is 2.20. The molecule has 2 nitrogen and oxygen atoms in total. The molecule has 3 heteroatoms. The summed E-state index contributed by atoms with van der Waals surface area (Å²) in [5.41, 5.74) is 1.41. The van der Waals surface area contributed by atoms with E-state index in [1.807, 2.05) is 0 Å². The minimum absolute atomic E-state index is 0.538. The number of halogens is 1.